The van der Waals surface area contributed by atoms with Gasteiger partial charge < -0.3 is 10.2 Å². The molecule has 0 aromatic rings. The summed E-state index contributed by atoms with van der Waals surface area (Å²) in [7, 11) is 2.13. The molecule has 0 radical (unpaired) electrons. The van der Waals surface area contributed by atoms with E-state index in [-0.39, 0.29) is 0 Å². The van der Waals surface area contributed by atoms with Crippen LogP contribution in [0.15, 0.2) is 0 Å². The van der Waals surface area contributed by atoms with E-state index in [2.05, 4.69) is 58.8 Å². The maximum atomic E-state index is 3.21. The Balaban J connectivity index is 0. The van der Waals surface area contributed by atoms with Crippen LogP contribution in [0.2, 0.25) is 0 Å². The second-order valence-corrected chi connectivity index (χ2v) is 3.88. The highest BCUT2D eigenvalue weighted by Gasteiger charge is 1.95. The lowest BCUT2D eigenvalue weighted by Crippen LogP contribution is -2.25. The molecule has 0 heterocycles. The maximum Gasteiger partial charge on any atom is 0.00354 e. The minimum Gasteiger partial charge on any atom is -0.315 e. The van der Waals surface area contributed by atoms with Crippen LogP contribution in [-0.2, 0) is 0 Å². The molecule has 0 aromatic heterocycles. The molecular weight excluding hydrogens is 160 g/mol. The summed E-state index contributed by atoms with van der Waals surface area (Å²) >= 11 is 0. The van der Waals surface area contributed by atoms with Gasteiger partial charge in [0.1, 0.15) is 0 Å². The monoisotopic (exact) mass is 188 g/mol. The number of hydrogen-bond donors (Lipinski definition) is 1. The number of nitrogens with one attached hydrogen (secondary N) is 1. The molecular formula is C11H28N2. The lowest BCUT2D eigenvalue weighted by atomic mass is 10.3. The minimum absolute atomic E-state index is 0.648. The maximum absolute atomic E-state index is 3.21. The van der Waals surface area contributed by atoms with Gasteiger partial charge in [-0.2, -0.15) is 0 Å². The summed E-state index contributed by atoms with van der Waals surface area (Å²) in [6.45, 7) is 15.2. The van der Waals surface area contributed by atoms with Crippen molar-refractivity contribution < 1.29 is 0 Å². The molecule has 0 rings (SSSR count). The van der Waals surface area contributed by atoms with Crippen LogP contribution in [0.5, 0.6) is 0 Å². The number of rotatable bonds is 4. The highest BCUT2D eigenvalue weighted by molar-refractivity contribution is 4.51. The molecule has 0 aliphatic carbocycles. The lowest BCUT2D eigenvalue weighted by Gasteiger charge is -2.17. The van der Waals surface area contributed by atoms with Crippen molar-refractivity contribution in [2.45, 2.75) is 53.6 Å². The van der Waals surface area contributed by atoms with Gasteiger partial charge in [0.25, 0.3) is 0 Å². The van der Waals surface area contributed by atoms with Gasteiger partial charge in [-0.25, -0.2) is 0 Å². The Kier molecular flexibility index (Phi) is 11.8. The Morgan fingerprint density at radius 1 is 1.08 bits per heavy atom. The molecule has 0 aliphatic heterocycles. The Labute approximate surface area is 84.7 Å². The van der Waals surface area contributed by atoms with Crippen LogP contribution < -0.4 is 5.32 Å². The molecule has 13 heavy (non-hydrogen) atoms. The molecule has 2 nitrogen and oxygen atoms in total. The first kappa shape index (κ1) is 15.4. The van der Waals surface area contributed by atoms with Gasteiger partial charge in [0.05, 0.1) is 0 Å². The molecule has 82 valence electrons. The summed E-state index contributed by atoms with van der Waals surface area (Å²) in [4.78, 5) is 2.29. The van der Waals surface area contributed by atoms with Crippen LogP contribution in [-0.4, -0.2) is 37.1 Å². The zero-order valence-electron chi connectivity index (χ0n) is 10.5. The fourth-order valence-corrected chi connectivity index (χ4v) is 0.773. The minimum atomic E-state index is 0.648. The van der Waals surface area contributed by atoms with Crippen molar-refractivity contribution in [2.75, 3.05) is 20.1 Å². The summed E-state index contributed by atoms with van der Waals surface area (Å²) in [6.07, 6.45) is 0. The van der Waals surface area contributed by atoms with E-state index in [1.807, 2.05) is 0 Å². The van der Waals surface area contributed by atoms with Crippen LogP contribution in [0.3, 0.4) is 0 Å². The zero-order valence-corrected chi connectivity index (χ0v) is 10.5. The van der Waals surface area contributed by atoms with E-state index in [0.29, 0.717) is 12.1 Å². The predicted molar refractivity (Wildman–Crippen MR) is 62.3 cm³/mol. The fourth-order valence-electron chi connectivity index (χ4n) is 0.773. The molecule has 0 saturated heterocycles. The normalized spacial score (nSPS) is 10.6. The molecule has 0 aromatic carbocycles. The van der Waals surface area contributed by atoms with Crippen molar-refractivity contribution in [2.24, 2.45) is 0 Å². The van der Waals surface area contributed by atoms with E-state index in [9.17, 15) is 0 Å². The summed E-state index contributed by atoms with van der Waals surface area (Å²) in [5, 5.41) is 3.21. The van der Waals surface area contributed by atoms with Crippen molar-refractivity contribution in [3.8, 4) is 0 Å². The molecule has 0 bridgehead atoms. The van der Waals surface area contributed by atoms with Gasteiger partial charge in [-0.1, -0.05) is 27.7 Å². The van der Waals surface area contributed by atoms with E-state index < -0.39 is 0 Å². The second kappa shape index (κ2) is 10.0. The van der Waals surface area contributed by atoms with Gasteiger partial charge in [-0.15, -0.1) is 0 Å². The van der Waals surface area contributed by atoms with Gasteiger partial charge in [-0.3, -0.25) is 0 Å². The molecule has 0 unspecified atom stereocenters. The molecule has 1 N–H and O–H groups in total. The predicted octanol–water partition coefficient (Wildman–Crippen LogP) is 2.35. The zero-order chi connectivity index (χ0) is 10.9. The van der Waals surface area contributed by atoms with E-state index in [0.717, 1.165) is 13.1 Å². The van der Waals surface area contributed by atoms with Crippen LogP contribution in [0.4, 0.5) is 0 Å². The quantitative estimate of drug-likeness (QED) is 0.728. The highest BCUT2D eigenvalue weighted by atomic mass is 15.1. The fraction of sp³-hybridized carbons (Fsp3) is 1.00. The Morgan fingerprint density at radius 2 is 1.54 bits per heavy atom. The summed E-state index contributed by atoms with van der Waals surface area (Å²) in [6, 6.07) is 1.35. The van der Waals surface area contributed by atoms with E-state index >= 15 is 0 Å². The van der Waals surface area contributed by atoms with Crippen LogP contribution in [0.1, 0.15) is 41.5 Å². The van der Waals surface area contributed by atoms with Gasteiger partial charge in [-0.05, 0) is 34.0 Å². The standard InChI is InChI=1S/C6H15N.C5H13N/c1-5-7(4)6(2)3;1-4-6-5(2)3/h6H,5H2,1-4H3;5-6H,4H2,1-3H3. The molecule has 0 spiro atoms. The van der Waals surface area contributed by atoms with Crippen LogP contribution in [0.25, 0.3) is 0 Å². The van der Waals surface area contributed by atoms with Gasteiger partial charge >= 0.3 is 0 Å². The molecule has 0 amide bonds. The average molecular weight is 188 g/mol. The first-order valence-electron chi connectivity index (χ1n) is 5.39. The van der Waals surface area contributed by atoms with Crippen molar-refractivity contribution in [3.63, 3.8) is 0 Å². The van der Waals surface area contributed by atoms with Crippen LogP contribution in [0, 0.1) is 0 Å². The molecule has 0 aliphatic rings. The SMILES string of the molecule is CCN(C)C(C)C.CCNC(C)C. The van der Waals surface area contributed by atoms with E-state index in [1.54, 1.807) is 0 Å². The average Bonchev–Trinajstić information content (AvgIpc) is 2.03. The van der Waals surface area contributed by atoms with E-state index in [1.165, 1.54) is 0 Å². The Hall–Kier alpha value is -0.0800. The first-order valence-corrected chi connectivity index (χ1v) is 5.39. The van der Waals surface area contributed by atoms with E-state index in [4.69, 9.17) is 0 Å². The number of hydrogen-bond acceptors (Lipinski definition) is 2. The Morgan fingerprint density at radius 3 is 1.54 bits per heavy atom. The summed E-state index contributed by atoms with van der Waals surface area (Å²) in [5.41, 5.74) is 0. The molecule has 0 atom stereocenters. The summed E-state index contributed by atoms with van der Waals surface area (Å²) in [5.74, 6) is 0. The first-order chi connectivity index (χ1) is 5.95. The number of nitrogens with zero attached hydrogens (tertiary/aromatic N) is 1. The second-order valence-electron chi connectivity index (χ2n) is 3.88. The lowest BCUT2D eigenvalue weighted by molar-refractivity contribution is 0.289. The topological polar surface area (TPSA) is 15.3 Å². The largest absolute Gasteiger partial charge is 0.315 e. The summed E-state index contributed by atoms with van der Waals surface area (Å²) < 4.78 is 0. The molecule has 0 saturated carbocycles. The highest BCUT2D eigenvalue weighted by Crippen LogP contribution is 1.89. The molecule has 0 fully saturated rings. The third-order valence-corrected chi connectivity index (χ3v) is 1.99. The van der Waals surface area contributed by atoms with Gasteiger partial charge in [0, 0.05) is 12.1 Å². The van der Waals surface area contributed by atoms with Crippen LogP contribution >= 0.6 is 0 Å². The third-order valence-electron chi connectivity index (χ3n) is 1.99. The molecule has 2 heteroatoms. The van der Waals surface area contributed by atoms with Gasteiger partial charge in [0.15, 0.2) is 0 Å². The van der Waals surface area contributed by atoms with Crippen molar-refractivity contribution in [1.29, 1.82) is 0 Å². The van der Waals surface area contributed by atoms with Crippen molar-refractivity contribution in [3.05, 3.63) is 0 Å². The van der Waals surface area contributed by atoms with Crippen molar-refractivity contribution in [1.82, 2.24) is 10.2 Å². The van der Waals surface area contributed by atoms with Gasteiger partial charge in [0.2, 0.25) is 0 Å². The smallest absolute Gasteiger partial charge is 0.00354 e. The Bertz CT molecular complexity index is 90.1. The van der Waals surface area contributed by atoms with Crippen molar-refractivity contribution >= 4 is 0 Å². The third kappa shape index (κ3) is 14.7.